The highest BCUT2D eigenvalue weighted by atomic mass is 32.1. The number of aryl methyl sites for hydroxylation is 1. The summed E-state index contributed by atoms with van der Waals surface area (Å²) in [6, 6.07) is 12.5. The second-order valence-electron chi connectivity index (χ2n) is 6.39. The molecule has 29 heavy (non-hydrogen) atoms. The minimum Gasteiger partial charge on any atom is -0.478 e. The SMILES string of the molecule is Cc1ccc(-c2nc(CCNc3ccc([N+](=O)[O-])cc3/C=C/C(=O)O)cs2)cc1. The lowest BCUT2D eigenvalue weighted by molar-refractivity contribution is -0.384. The maximum atomic E-state index is 11.0. The minimum absolute atomic E-state index is 0.0946. The highest BCUT2D eigenvalue weighted by Crippen LogP contribution is 2.25. The van der Waals surface area contributed by atoms with Crippen LogP contribution in [0.15, 0.2) is 53.9 Å². The molecule has 0 atom stereocenters. The fourth-order valence-corrected chi connectivity index (χ4v) is 3.56. The maximum absolute atomic E-state index is 11.0. The number of nitrogens with one attached hydrogen (secondary N) is 1. The van der Waals surface area contributed by atoms with Crippen molar-refractivity contribution in [1.82, 2.24) is 4.98 Å². The zero-order valence-electron chi connectivity index (χ0n) is 15.7. The lowest BCUT2D eigenvalue weighted by atomic mass is 10.1. The molecule has 3 aromatic rings. The zero-order valence-corrected chi connectivity index (χ0v) is 16.5. The molecule has 0 unspecified atom stereocenters. The Labute approximate surface area is 171 Å². The first-order valence-electron chi connectivity index (χ1n) is 8.87. The van der Waals surface area contributed by atoms with Crippen LogP contribution in [0.25, 0.3) is 16.6 Å². The molecule has 0 amide bonds. The third-order valence-corrected chi connectivity index (χ3v) is 5.14. The summed E-state index contributed by atoms with van der Waals surface area (Å²) in [5.74, 6) is -1.12. The first-order chi connectivity index (χ1) is 13.9. The van der Waals surface area contributed by atoms with Gasteiger partial charge in [-0.2, -0.15) is 0 Å². The van der Waals surface area contributed by atoms with E-state index < -0.39 is 10.9 Å². The highest BCUT2D eigenvalue weighted by Gasteiger charge is 2.10. The summed E-state index contributed by atoms with van der Waals surface area (Å²) < 4.78 is 0. The van der Waals surface area contributed by atoms with Crippen molar-refractivity contribution in [3.8, 4) is 10.6 Å². The zero-order chi connectivity index (χ0) is 20.8. The van der Waals surface area contributed by atoms with Crippen LogP contribution in [0.2, 0.25) is 0 Å². The van der Waals surface area contributed by atoms with Crippen LogP contribution in [0, 0.1) is 17.0 Å². The van der Waals surface area contributed by atoms with Gasteiger partial charge >= 0.3 is 5.97 Å². The average molecular weight is 409 g/mol. The van der Waals surface area contributed by atoms with Gasteiger partial charge in [0.05, 0.1) is 10.6 Å². The Morgan fingerprint density at radius 3 is 2.72 bits per heavy atom. The van der Waals surface area contributed by atoms with E-state index in [1.165, 1.54) is 23.8 Å². The van der Waals surface area contributed by atoms with Crippen LogP contribution in [-0.4, -0.2) is 27.5 Å². The molecule has 0 aliphatic heterocycles. The van der Waals surface area contributed by atoms with Crippen LogP contribution in [-0.2, 0) is 11.2 Å². The van der Waals surface area contributed by atoms with Gasteiger partial charge in [-0.15, -0.1) is 11.3 Å². The number of aromatic nitrogens is 1. The van der Waals surface area contributed by atoms with E-state index >= 15 is 0 Å². The molecule has 2 N–H and O–H groups in total. The van der Waals surface area contributed by atoms with E-state index in [1.807, 2.05) is 24.4 Å². The number of carbonyl (C=O) groups is 1. The van der Waals surface area contributed by atoms with Crippen molar-refractivity contribution in [2.75, 3.05) is 11.9 Å². The first-order valence-corrected chi connectivity index (χ1v) is 9.75. The van der Waals surface area contributed by atoms with Gasteiger partial charge < -0.3 is 10.4 Å². The van der Waals surface area contributed by atoms with Gasteiger partial charge in [-0.05, 0) is 19.1 Å². The van der Waals surface area contributed by atoms with Crippen molar-refractivity contribution >= 4 is 34.8 Å². The summed E-state index contributed by atoms with van der Waals surface area (Å²) in [7, 11) is 0. The van der Waals surface area contributed by atoms with Gasteiger partial charge in [-0.25, -0.2) is 9.78 Å². The van der Waals surface area contributed by atoms with E-state index in [4.69, 9.17) is 5.11 Å². The molecule has 0 aliphatic rings. The molecular weight excluding hydrogens is 390 g/mol. The van der Waals surface area contributed by atoms with Gasteiger partial charge in [0.15, 0.2) is 0 Å². The molecule has 0 bridgehead atoms. The molecule has 0 saturated carbocycles. The molecule has 0 spiro atoms. The third kappa shape index (κ3) is 5.49. The number of rotatable bonds is 8. The number of nitro benzene ring substituents is 1. The summed E-state index contributed by atoms with van der Waals surface area (Å²) in [6.45, 7) is 2.60. The van der Waals surface area contributed by atoms with Gasteiger partial charge in [-0.1, -0.05) is 29.8 Å². The Hall–Kier alpha value is -3.52. The number of thiazole rings is 1. The predicted octanol–water partition coefficient (Wildman–Crippen LogP) is 4.78. The Morgan fingerprint density at radius 2 is 2.03 bits per heavy atom. The summed E-state index contributed by atoms with van der Waals surface area (Å²) in [5, 5.41) is 26.0. The van der Waals surface area contributed by atoms with Crippen molar-refractivity contribution in [3.05, 3.63) is 80.9 Å². The number of non-ortho nitro benzene ring substituents is 1. The van der Waals surface area contributed by atoms with Gasteiger partial charge in [-0.3, -0.25) is 10.1 Å². The number of carboxylic acids is 1. The van der Waals surface area contributed by atoms with Crippen LogP contribution in [0.4, 0.5) is 11.4 Å². The minimum atomic E-state index is -1.12. The lowest BCUT2D eigenvalue weighted by Gasteiger charge is -2.09. The molecule has 7 nitrogen and oxygen atoms in total. The molecule has 0 aliphatic carbocycles. The van der Waals surface area contributed by atoms with Crippen molar-refractivity contribution < 1.29 is 14.8 Å². The van der Waals surface area contributed by atoms with Crippen molar-refractivity contribution in [2.45, 2.75) is 13.3 Å². The highest BCUT2D eigenvalue weighted by molar-refractivity contribution is 7.13. The van der Waals surface area contributed by atoms with Crippen LogP contribution in [0.3, 0.4) is 0 Å². The normalized spacial score (nSPS) is 10.9. The number of nitrogens with zero attached hydrogens (tertiary/aromatic N) is 2. The van der Waals surface area contributed by atoms with Crippen molar-refractivity contribution in [2.24, 2.45) is 0 Å². The number of aliphatic carboxylic acids is 1. The van der Waals surface area contributed by atoms with Crippen molar-refractivity contribution in [1.29, 1.82) is 0 Å². The van der Waals surface area contributed by atoms with Crippen LogP contribution >= 0.6 is 11.3 Å². The number of benzene rings is 2. The van der Waals surface area contributed by atoms with Gasteiger partial charge in [0, 0.05) is 53.4 Å². The smallest absolute Gasteiger partial charge is 0.328 e. The molecule has 0 saturated heterocycles. The van der Waals surface area contributed by atoms with Crippen molar-refractivity contribution in [3.63, 3.8) is 0 Å². The topological polar surface area (TPSA) is 105 Å². The largest absolute Gasteiger partial charge is 0.478 e. The summed E-state index contributed by atoms with van der Waals surface area (Å²) in [6.07, 6.45) is 2.97. The van der Waals surface area contributed by atoms with Crippen LogP contribution < -0.4 is 5.32 Å². The molecule has 1 aromatic heterocycles. The summed E-state index contributed by atoms with van der Waals surface area (Å²) >= 11 is 1.58. The summed E-state index contributed by atoms with van der Waals surface area (Å²) in [4.78, 5) is 25.9. The van der Waals surface area contributed by atoms with E-state index in [0.29, 0.717) is 24.2 Å². The Kier molecular flexibility index (Phi) is 6.36. The summed E-state index contributed by atoms with van der Waals surface area (Å²) in [5.41, 5.74) is 4.20. The first kappa shape index (κ1) is 20.2. The number of nitro groups is 1. The van der Waals surface area contributed by atoms with Crippen LogP contribution in [0.1, 0.15) is 16.8 Å². The predicted molar refractivity (Wildman–Crippen MR) is 114 cm³/mol. The fraction of sp³-hybridized carbons (Fsp3) is 0.143. The van der Waals surface area contributed by atoms with Crippen LogP contribution in [0.5, 0.6) is 0 Å². The number of carboxylic acid groups (broad SMARTS) is 1. The molecular formula is C21H19N3O4S. The van der Waals surface area contributed by atoms with E-state index in [2.05, 4.69) is 22.4 Å². The van der Waals surface area contributed by atoms with E-state index in [1.54, 1.807) is 17.4 Å². The second-order valence-corrected chi connectivity index (χ2v) is 7.25. The van der Waals surface area contributed by atoms with E-state index in [9.17, 15) is 14.9 Å². The lowest BCUT2D eigenvalue weighted by Crippen LogP contribution is -2.06. The molecule has 148 valence electrons. The number of hydrogen-bond acceptors (Lipinski definition) is 6. The van der Waals surface area contributed by atoms with Gasteiger partial charge in [0.25, 0.3) is 5.69 Å². The third-order valence-electron chi connectivity index (χ3n) is 4.20. The molecule has 3 rings (SSSR count). The van der Waals surface area contributed by atoms with Gasteiger partial charge in [0.1, 0.15) is 5.01 Å². The second kappa shape index (κ2) is 9.11. The standard InChI is InChI=1S/C21H19N3O4S/c1-14-2-4-15(5-3-14)21-23-17(13-29-21)10-11-22-19-8-7-18(24(27)28)12-16(19)6-9-20(25)26/h2-9,12-13,22H,10-11H2,1H3,(H,25,26)/b9-6+. The number of hydrogen-bond donors (Lipinski definition) is 2. The molecule has 2 aromatic carbocycles. The number of anilines is 1. The fourth-order valence-electron chi connectivity index (χ4n) is 2.70. The van der Waals surface area contributed by atoms with Gasteiger partial charge in [0.2, 0.25) is 0 Å². The molecule has 0 fully saturated rings. The monoisotopic (exact) mass is 409 g/mol. The average Bonchev–Trinajstić information content (AvgIpc) is 3.16. The molecule has 8 heteroatoms. The molecule has 0 radical (unpaired) electrons. The Balaban J connectivity index is 1.67. The van der Waals surface area contributed by atoms with E-state index in [-0.39, 0.29) is 5.69 Å². The van der Waals surface area contributed by atoms with E-state index in [0.717, 1.165) is 22.3 Å². The quantitative estimate of drug-likeness (QED) is 0.315. The Bertz CT molecular complexity index is 1060. The maximum Gasteiger partial charge on any atom is 0.328 e. The Morgan fingerprint density at radius 1 is 1.28 bits per heavy atom. The molecule has 1 heterocycles.